The molecule has 0 atom stereocenters. The standard InChI is InChI=1S/C98H56N8S2/c99-57-59-20-17-27-64(48-59)66-40-44-83-87(53-66)107-89-55-69(42-46-85(89)97(83)79-36-13-9-31-74(79)75-32-10-14-37-80(75)97)94-102-91(62-22-3-1-4-23-62)101-93(104-94)68-29-18-28-65(51-68)71-49-60(58-100)50-72(52-71)67-41-45-84-88(54-67)108-90-56-70(43-47-86(90)98(84)81-38-15-11-33-76(81)77-34-12-16-39-82(77)98)95-103-92(63-24-5-2-6-25-63)105-96(106-95)78-35-19-26-61-21-7-8-30-73(61)78/h1-56H. The van der Waals surface area contributed by atoms with Crippen LogP contribution >= 0.6 is 23.5 Å². The fourth-order valence-corrected chi connectivity index (χ4v) is 19.7. The molecule has 0 amide bonds. The molecule has 4 heterocycles. The van der Waals surface area contributed by atoms with Gasteiger partial charge in [0.05, 0.1) is 34.1 Å². The van der Waals surface area contributed by atoms with E-state index in [9.17, 15) is 10.5 Å². The van der Waals surface area contributed by atoms with Gasteiger partial charge in [0.15, 0.2) is 34.9 Å². The number of aromatic nitrogens is 6. The molecule has 21 rings (SSSR count). The Labute approximate surface area is 632 Å². The molecule has 108 heavy (non-hydrogen) atoms. The van der Waals surface area contributed by atoms with Crippen LogP contribution in [0.4, 0.5) is 0 Å². The van der Waals surface area contributed by atoms with Crippen LogP contribution in [0.25, 0.3) is 135 Å². The van der Waals surface area contributed by atoms with Crippen LogP contribution in [0.1, 0.15) is 55.6 Å². The first kappa shape index (κ1) is 62.8. The molecule has 0 unspecified atom stereocenters. The molecule has 0 N–H and O–H groups in total. The summed E-state index contributed by atoms with van der Waals surface area (Å²) in [6.07, 6.45) is 0. The highest BCUT2D eigenvalue weighted by Crippen LogP contribution is 2.65. The van der Waals surface area contributed by atoms with E-state index < -0.39 is 10.8 Å². The summed E-state index contributed by atoms with van der Waals surface area (Å²) in [5.41, 5.74) is 25.4. The van der Waals surface area contributed by atoms with Crippen LogP contribution in [-0.2, 0) is 10.8 Å². The summed E-state index contributed by atoms with van der Waals surface area (Å²) in [5.74, 6) is 3.40. The molecule has 10 heteroatoms. The summed E-state index contributed by atoms with van der Waals surface area (Å²) in [6.45, 7) is 0. The van der Waals surface area contributed by atoms with E-state index >= 15 is 0 Å². The Balaban J connectivity index is 0.676. The summed E-state index contributed by atoms with van der Waals surface area (Å²) < 4.78 is 0. The van der Waals surface area contributed by atoms with Crippen molar-refractivity contribution in [1.82, 2.24) is 29.9 Å². The van der Waals surface area contributed by atoms with Crippen molar-refractivity contribution >= 4 is 34.3 Å². The summed E-state index contributed by atoms with van der Waals surface area (Å²) >= 11 is 3.52. The van der Waals surface area contributed by atoms with Crippen LogP contribution in [0.3, 0.4) is 0 Å². The second kappa shape index (κ2) is 25.0. The first-order chi connectivity index (χ1) is 53.4. The SMILES string of the molecule is N#Cc1cccc(-c2ccc3c(c2)Sc2cc(-c4nc(-c5ccccc5)nc(-c5cccc(-c6cc(C#N)cc(-c7ccc8c(c7)Sc7cc(-c9nc(-c%10ccccc%10)nc(-c%10cccc%11ccccc%10%11)n9)ccc7C87c8ccccc8-c8ccccc87)c6)c5)n4)ccc2C32c3ccccc3-c3ccccc32)c1. The van der Waals surface area contributed by atoms with E-state index in [0.29, 0.717) is 46.1 Å². The quantitative estimate of drug-likeness (QED) is 0.138. The Kier molecular flexibility index (Phi) is 14.5. The van der Waals surface area contributed by atoms with E-state index in [-0.39, 0.29) is 0 Å². The summed E-state index contributed by atoms with van der Waals surface area (Å²) in [7, 11) is 0. The molecule has 8 nitrogen and oxygen atoms in total. The molecular weight excluding hydrogens is 1350 g/mol. The monoisotopic (exact) mass is 1410 g/mol. The average Bonchev–Trinajstić information content (AvgIpc) is 1.48. The third-order valence-corrected chi connectivity index (χ3v) is 24.2. The van der Waals surface area contributed by atoms with Gasteiger partial charge in [0.2, 0.25) is 0 Å². The van der Waals surface area contributed by atoms with Crippen molar-refractivity contribution in [2.45, 2.75) is 30.4 Å². The molecule has 2 spiro atoms. The highest BCUT2D eigenvalue weighted by atomic mass is 32.2. The smallest absolute Gasteiger partial charge is 0.164 e. The van der Waals surface area contributed by atoms with Gasteiger partial charge in [-0.15, -0.1) is 0 Å². The van der Waals surface area contributed by atoms with Gasteiger partial charge in [-0.1, -0.05) is 303 Å². The molecule has 2 aliphatic heterocycles. The Morgan fingerprint density at radius 3 is 1.00 bits per heavy atom. The Hall–Kier alpha value is -13.7. The van der Waals surface area contributed by atoms with E-state index in [1.165, 1.54) is 66.8 Å². The maximum Gasteiger partial charge on any atom is 0.164 e. The van der Waals surface area contributed by atoms with Gasteiger partial charge < -0.3 is 0 Å². The summed E-state index contributed by atoms with van der Waals surface area (Å²) in [6, 6.07) is 125. The number of hydrogen-bond acceptors (Lipinski definition) is 10. The van der Waals surface area contributed by atoms with Gasteiger partial charge in [-0.3, -0.25) is 0 Å². The molecule has 15 aromatic carbocycles. The molecule has 500 valence electrons. The second-order valence-electron chi connectivity index (χ2n) is 27.8. The fraction of sp³-hybridized carbons (Fsp3) is 0.0204. The lowest BCUT2D eigenvalue weighted by atomic mass is 9.67. The first-order valence-corrected chi connectivity index (χ1v) is 37.6. The van der Waals surface area contributed by atoms with Crippen LogP contribution < -0.4 is 0 Å². The molecule has 0 saturated heterocycles. The number of nitriles is 2. The van der Waals surface area contributed by atoms with E-state index in [1.54, 1.807) is 23.5 Å². The maximum atomic E-state index is 11.0. The van der Waals surface area contributed by atoms with Crippen LogP contribution in [0.2, 0.25) is 0 Å². The Morgan fingerprint density at radius 1 is 0.213 bits per heavy atom. The number of fused-ring (bicyclic) bond motifs is 19. The second-order valence-corrected chi connectivity index (χ2v) is 30.0. The number of hydrogen-bond donors (Lipinski definition) is 0. The van der Waals surface area contributed by atoms with Crippen LogP contribution in [0, 0.1) is 22.7 Å². The lowest BCUT2D eigenvalue weighted by Gasteiger charge is -2.40. The van der Waals surface area contributed by atoms with E-state index in [4.69, 9.17) is 29.9 Å². The number of benzene rings is 15. The summed E-state index contributed by atoms with van der Waals surface area (Å²) in [5, 5.41) is 23.1. The van der Waals surface area contributed by atoms with Gasteiger partial charge >= 0.3 is 0 Å². The van der Waals surface area contributed by atoms with Crippen LogP contribution in [-0.4, -0.2) is 29.9 Å². The van der Waals surface area contributed by atoms with Gasteiger partial charge in [-0.2, -0.15) is 10.5 Å². The predicted octanol–water partition coefficient (Wildman–Crippen LogP) is 23.6. The Morgan fingerprint density at radius 2 is 0.519 bits per heavy atom. The highest BCUT2D eigenvalue weighted by Gasteiger charge is 2.52. The zero-order valence-corrected chi connectivity index (χ0v) is 59.4. The number of nitrogens with zero attached hydrogens (tertiary/aromatic N) is 8. The Bertz CT molecular complexity index is 6660. The van der Waals surface area contributed by atoms with Crippen molar-refractivity contribution in [2.75, 3.05) is 0 Å². The third-order valence-electron chi connectivity index (χ3n) is 21.9. The lowest BCUT2D eigenvalue weighted by Crippen LogP contribution is -2.32. The van der Waals surface area contributed by atoms with Crippen molar-refractivity contribution in [3.63, 3.8) is 0 Å². The topological polar surface area (TPSA) is 125 Å². The average molecular weight is 1410 g/mol. The van der Waals surface area contributed by atoms with E-state index in [2.05, 4.69) is 267 Å². The van der Waals surface area contributed by atoms with Crippen LogP contribution in [0.5, 0.6) is 0 Å². The first-order valence-electron chi connectivity index (χ1n) is 36.0. The zero-order chi connectivity index (χ0) is 71.6. The lowest BCUT2D eigenvalue weighted by molar-refractivity contribution is 0.722. The highest BCUT2D eigenvalue weighted by molar-refractivity contribution is 7.99. The molecule has 0 saturated carbocycles. The molecular formula is C98H56N8S2. The molecule has 2 aromatic heterocycles. The minimum absolute atomic E-state index is 0.518. The fourth-order valence-electron chi connectivity index (χ4n) is 17.2. The van der Waals surface area contributed by atoms with Gasteiger partial charge in [-0.05, 0) is 172 Å². The van der Waals surface area contributed by atoms with Gasteiger partial charge in [0.25, 0.3) is 0 Å². The van der Waals surface area contributed by atoms with Gasteiger partial charge in [-0.25, -0.2) is 29.9 Å². The molecule has 0 bridgehead atoms. The van der Waals surface area contributed by atoms with Crippen molar-refractivity contribution in [2.24, 2.45) is 0 Å². The van der Waals surface area contributed by atoms with Gasteiger partial charge in [0, 0.05) is 53.0 Å². The molecule has 17 aromatic rings. The minimum Gasteiger partial charge on any atom is -0.208 e. The van der Waals surface area contributed by atoms with Gasteiger partial charge in [0.1, 0.15) is 0 Å². The zero-order valence-electron chi connectivity index (χ0n) is 57.7. The molecule has 0 fully saturated rings. The maximum absolute atomic E-state index is 11.0. The van der Waals surface area contributed by atoms with Crippen LogP contribution in [0.15, 0.2) is 359 Å². The molecule has 0 radical (unpaired) electrons. The van der Waals surface area contributed by atoms with Crippen molar-refractivity contribution in [1.29, 1.82) is 10.5 Å². The van der Waals surface area contributed by atoms with E-state index in [0.717, 1.165) is 97.1 Å². The summed E-state index contributed by atoms with van der Waals surface area (Å²) in [4.78, 5) is 36.2. The van der Waals surface area contributed by atoms with E-state index in [1.807, 2.05) is 84.9 Å². The third kappa shape index (κ3) is 9.85. The normalized spacial score (nSPS) is 13.2. The number of rotatable bonds is 9. The largest absolute Gasteiger partial charge is 0.208 e. The molecule has 4 aliphatic rings. The van der Waals surface area contributed by atoms with Crippen molar-refractivity contribution in [3.05, 3.63) is 395 Å². The predicted molar refractivity (Wildman–Crippen MR) is 432 cm³/mol. The van der Waals surface area contributed by atoms with Crippen molar-refractivity contribution in [3.8, 4) is 136 Å². The van der Waals surface area contributed by atoms with Crippen molar-refractivity contribution < 1.29 is 0 Å². The molecule has 2 aliphatic carbocycles. The minimum atomic E-state index is -0.667.